The standard InChI is InChI=1S/C8H10BrNO2S/c1-6(2)13(11,12)8-7(9)4-3-5-10-8/h3-6H,1-2H3. The maximum absolute atomic E-state index is 11.7. The average molecular weight is 264 g/mol. The molecule has 0 bridgehead atoms. The van der Waals surface area contributed by atoms with E-state index in [0.717, 1.165) is 0 Å². The van der Waals surface area contributed by atoms with Gasteiger partial charge in [0.1, 0.15) is 0 Å². The highest BCUT2D eigenvalue weighted by Crippen LogP contribution is 2.22. The van der Waals surface area contributed by atoms with E-state index < -0.39 is 15.1 Å². The van der Waals surface area contributed by atoms with Crippen molar-refractivity contribution < 1.29 is 8.42 Å². The number of hydrogen-bond acceptors (Lipinski definition) is 3. The number of halogens is 1. The van der Waals surface area contributed by atoms with E-state index in [0.29, 0.717) is 4.47 Å². The number of aromatic nitrogens is 1. The van der Waals surface area contributed by atoms with Crippen molar-refractivity contribution in [2.75, 3.05) is 0 Å². The summed E-state index contributed by atoms with van der Waals surface area (Å²) in [5, 5.41) is -0.330. The quantitative estimate of drug-likeness (QED) is 0.821. The first-order valence-corrected chi connectivity index (χ1v) is 6.14. The summed E-state index contributed by atoms with van der Waals surface area (Å²) in [6.45, 7) is 3.27. The van der Waals surface area contributed by atoms with Crippen molar-refractivity contribution in [3.05, 3.63) is 22.8 Å². The predicted octanol–water partition coefficient (Wildman–Crippen LogP) is 2.03. The molecule has 72 valence electrons. The molecule has 0 spiro atoms. The Morgan fingerprint density at radius 2 is 2.08 bits per heavy atom. The molecule has 0 amide bonds. The average Bonchev–Trinajstić information content (AvgIpc) is 2.04. The number of sulfone groups is 1. The van der Waals surface area contributed by atoms with Crippen LogP contribution in [0.25, 0.3) is 0 Å². The van der Waals surface area contributed by atoms with Gasteiger partial charge in [-0.25, -0.2) is 13.4 Å². The van der Waals surface area contributed by atoms with Crippen LogP contribution in [0.2, 0.25) is 0 Å². The van der Waals surface area contributed by atoms with E-state index in [1.165, 1.54) is 6.20 Å². The van der Waals surface area contributed by atoms with Crippen molar-refractivity contribution in [1.29, 1.82) is 0 Å². The zero-order chi connectivity index (χ0) is 10.1. The largest absolute Gasteiger partial charge is 0.244 e. The zero-order valence-electron chi connectivity index (χ0n) is 7.36. The molecule has 0 aliphatic heterocycles. The Morgan fingerprint density at radius 1 is 1.46 bits per heavy atom. The second-order valence-electron chi connectivity index (χ2n) is 2.88. The molecular formula is C8H10BrNO2S. The van der Waals surface area contributed by atoms with Gasteiger partial charge in [0.15, 0.2) is 14.9 Å². The first-order chi connectivity index (χ1) is 5.96. The van der Waals surface area contributed by atoms with Gasteiger partial charge in [0.2, 0.25) is 0 Å². The fourth-order valence-electron chi connectivity index (χ4n) is 0.804. The summed E-state index contributed by atoms with van der Waals surface area (Å²) < 4.78 is 23.8. The lowest BCUT2D eigenvalue weighted by Gasteiger charge is -2.07. The minimum atomic E-state index is -3.27. The third kappa shape index (κ3) is 2.08. The summed E-state index contributed by atoms with van der Waals surface area (Å²) >= 11 is 3.16. The first-order valence-electron chi connectivity index (χ1n) is 3.80. The van der Waals surface area contributed by atoms with Gasteiger partial charge in [-0.3, -0.25) is 0 Å². The highest BCUT2D eigenvalue weighted by Gasteiger charge is 2.22. The minimum Gasteiger partial charge on any atom is -0.244 e. The molecule has 0 atom stereocenters. The van der Waals surface area contributed by atoms with Crippen molar-refractivity contribution >= 4 is 25.8 Å². The third-order valence-corrected chi connectivity index (χ3v) is 4.62. The van der Waals surface area contributed by atoms with E-state index >= 15 is 0 Å². The Hall–Kier alpha value is -0.420. The van der Waals surface area contributed by atoms with Crippen LogP contribution >= 0.6 is 15.9 Å². The van der Waals surface area contributed by atoms with Crippen molar-refractivity contribution in [2.24, 2.45) is 0 Å². The molecule has 13 heavy (non-hydrogen) atoms. The van der Waals surface area contributed by atoms with Crippen LogP contribution in [0.3, 0.4) is 0 Å². The van der Waals surface area contributed by atoms with Crippen LogP contribution in [0.4, 0.5) is 0 Å². The van der Waals surface area contributed by atoms with Crippen LogP contribution in [0.15, 0.2) is 27.8 Å². The number of nitrogens with zero attached hydrogens (tertiary/aromatic N) is 1. The van der Waals surface area contributed by atoms with E-state index in [9.17, 15) is 8.42 Å². The molecule has 0 saturated carbocycles. The summed E-state index contributed by atoms with van der Waals surface area (Å²) in [5.74, 6) is 0. The molecular weight excluding hydrogens is 254 g/mol. The zero-order valence-corrected chi connectivity index (χ0v) is 9.76. The first kappa shape index (κ1) is 10.7. The summed E-state index contributed by atoms with van der Waals surface area (Å²) in [6.07, 6.45) is 1.47. The van der Waals surface area contributed by atoms with Crippen LogP contribution in [-0.4, -0.2) is 18.7 Å². The van der Waals surface area contributed by atoms with E-state index in [1.807, 2.05) is 0 Å². The number of rotatable bonds is 2. The molecule has 1 rings (SSSR count). The molecule has 0 unspecified atom stereocenters. The molecule has 1 aromatic rings. The van der Waals surface area contributed by atoms with Crippen molar-refractivity contribution in [3.63, 3.8) is 0 Å². The molecule has 1 heterocycles. The van der Waals surface area contributed by atoms with Crippen molar-refractivity contribution in [2.45, 2.75) is 24.1 Å². The summed E-state index contributed by atoms with van der Waals surface area (Å²) in [4.78, 5) is 3.84. The molecule has 3 nitrogen and oxygen atoms in total. The highest BCUT2D eigenvalue weighted by atomic mass is 79.9. The Labute approximate surface area is 86.2 Å². The summed E-state index contributed by atoms with van der Waals surface area (Å²) in [7, 11) is -3.27. The van der Waals surface area contributed by atoms with Gasteiger partial charge in [-0.1, -0.05) is 0 Å². The molecule has 0 fully saturated rings. The fraction of sp³-hybridized carbons (Fsp3) is 0.375. The number of pyridine rings is 1. The summed E-state index contributed by atoms with van der Waals surface area (Å²) in [5.41, 5.74) is 0. The van der Waals surface area contributed by atoms with E-state index in [4.69, 9.17) is 0 Å². The molecule has 0 saturated heterocycles. The van der Waals surface area contributed by atoms with E-state index in [-0.39, 0.29) is 5.03 Å². The Bertz CT molecular complexity index is 400. The fourth-order valence-corrected chi connectivity index (χ4v) is 2.73. The lowest BCUT2D eigenvalue weighted by atomic mass is 10.5. The van der Waals surface area contributed by atoms with E-state index in [1.54, 1.807) is 26.0 Å². The molecule has 0 aliphatic rings. The molecule has 1 aromatic heterocycles. The second-order valence-corrected chi connectivity index (χ2v) is 6.16. The van der Waals surface area contributed by atoms with Gasteiger partial charge in [-0.2, -0.15) is 0 Å². The van der Waals surface area contributed by atoms with Gasteiger partial charge in [0.05, 0.1) is 9.72 Å². The molecule has 0 aliphatic carbocycles. The SMILES string of the molecule is CC(C)S(=O)(=O)c1ncccc1Br. The van der Waals surface area contributed by atoms with Gasteiger partial charge in [-0.15, -0.1) is 0 Å². The van der Waals surface area contributed by atoms with Gasteiger partial charge >= 0.3 is 0 Å². The van der Waals surface area contributed by atoms with Crippen LogP contribution in [-0.2, 0) is 9.84 Å². The Morgan fingerprint density at radius 3 is 2.54 bits per heavy atom. The molecule has 0 radical (unpaired) electrons. The highest BCUT2D eigenvalue weighted by molar-refractivity contribution is 9.10. The van der Waals surface area contributed by atoms with Crippen LogP contribution in [0, 0.1) is 0 Å². The van der Waals surface area contributed by atoms with Gasteiger partial charge in [0, 0.05) is 6.20 Å². The predicted molar refractivity (Wildman–Crippen MR) is 54.3 cm³/mol. The van der Waals surface area contributed by atoms with Crippen molar-refractivity contribution in [1.82, 2.24) is 4.98 Å². The van der Waals surface area contributed by atoms with Gasteiger partial charge in [-0.05, 0) is 41.9 Å². The maximum atomic E-state index is 11.7. The number of hydrogen-bond donors (Lipinski definition) is 0. The van der Waals surface area contributed by atoms with Crippen LogP contribution in [0.1, 0.15) is 13.8 Å². The van der Waals surface area contributed by atoms with E-state index in [2.05, 4.69) is 20.9 Å². The van der Waals surface area contributed by atoms with Gasteiger partial charge in [0.25, 0.3) is 0 Å². The summed E-state index contributed by atoms with van der Waals surface area (Å²) in [6, 6.07) is 3.35. The molecule has 0 aromatic carbocycles. The lowest BCUT2D eigenvalue weighted by Crippen LogP contribution is -2.15. The topological polar surface area (TPSA) is 47.0 Å². The maximum Gasteiger partial charge on any atom is 0.199 e. The molecule has 5 heteroatoms. The third-order valence-electron chi connectivity index (χ3n) is 1.61. The minimum absolute atomic E-state index is 0.116. The Kier molecular flexibility index (Phi) is 3.08. The van der Waals surface area contributed by atoms with Gasteiger partial charge < -0.3 is 0 Å². The second kappa shape index (κ2) is 3.75. The van der Waals surface area contributed by atoms with Crippen molar-refractivity contribution in [3.8, 4) is 0 Å². The molecule has 0 N–H and O–H groups in total. The monoisotopic (exact) mass is 263 g/mol. The normalized spacial score (nSPS) is 12.0. The smallest absolute Gasteiger partial charge is 0.199 e. The van der Waals surface area contributed by atoms with Crippen LogP contribution in [0.5, 0.6) is 0 Å². The lowest BCUT2D eigenvalue weighted by molar-refractivity contribution is 0.583. The van der Waals surface area contributed by atoms with Crippen LogP contribution < -0.4 is 0 Å². The Balaban J connectivity index is 3.32.